The minimum atomic E-state index is -0.880. The molecular weight excluding hydrogens is 228 g/mol. The van der Waals surface area contributed by atoms with E-state index in [1.165, 1.54) is 0 Å². The summed E-state index contributed by atoms with van der Waals surface area (Å²) in [4.78, 5) is 15.8. The van der Waals surface area contributed by atoms with Gasteiger partial charge in [-0.25, -0.2) is 0 Å². The highest BCUT2D eigenvalue weighted by atomic mass is 16.5. The zero-order valence-corrected chi connectivity index (χ0v) is 9.96. The van der Waals surface area contributed by atoms with Gasteiger partial charge in [0.2, 0.25) is 0 Å². The first-order valence-electron chi connectivity index (χ1n) is 5.67. The molecule has 4 nitrogen and oxygen atoms in total. The van der Waals surface area contributed by atoms with E-state index in [0.29, 0.717) is 5.56 Å². The van der Waals surface area contributed by atoms with Gasteiger partial charge in [-0.1, -0.05) is 12.1 Å². The van der Waals surface area contributed by atoms with Crippen LogP contribution >= 0.6 is 0 Å². The Morgan fingerprint density at radius 2 is 2.33 bits per heavy atom. The van der Waals surface area contributed by atoms with Crippen molar-refractivity contribution in [3.8, 4) is 6.07 Å². The van der Waals surface area contributed by atoms with E-state index in [2.05, 4.69) is 4.98 Å². The molecular formula is C14H12N2O2. The van der Waals surface area contributed by atoms with Crippen LogP contribution in [-0.4, -0.2) is 17.6 Å². The summed E-state index contributed by atoms with van der Waals surface area (Å²) < 4.78 is 4.88. The second-order valence-corrected chi connectivity index (χ2v) is 3.77. The first kappa shape index (κ1) is 12.1. The lowest BCUT2D eigenvalue weighted by Crippen LogP contribution is -2.14. The minimum absolute atomic E-state index is 0.270. The number of hydrogen-bond acceptors (Lipinski definition) is 4. The normalized spacial score (nSPS) is 11.8. The number of carbonyl (C=O) groups excluding carboxylic acids is 1. The molecule has 1 aromatic heterocycles. The first-order chi connectivity index (χ1) is 8.76. The summed E-state index contributed by atoms with van der Waals surface area (Å²) in [6.07, 6.45) is 1.70. The van der Waals surface area contributed by atoms with E-state index in [1.807, 2.05) is 18.2 Å². The third kappa shape index (κ3) is 2.30. The third-order valence-electron chi connectivity index (χ3n) is 2.61. The van der Waals surface area contributed by atoms with Gasteiger partial charge in [-0.2, -0.15) is 5.26 Å². The van der Waals surface area contributed by atoms with Crippen molar-refractivity contribution in [2.45, 2.75) is 12.8 Å². The van der Waals surface area contributed by atoms with Crippen LogP contribution in [0.25, 0.3) is 10.9 Å². The average molecular weight is 240 g/mol. The highest BCUT2D eigenvalue weighted by molar-refractivity contribution is 5.85. The molecule has 1 aromatic carbocycles. The van der Waals surface area contributed by atoms with Crippen molar-refractivity contribution in [1.29, 1.82) is 5.26 Å². The van der Waals surface area contributed by atoms with Crippen LogP contribution in [0.1, 0.15) is 18.4 Å². The molecule has 0 amide bonds. The van der Waals surface area contributed by atoms with E-state index >= 15 is 0 Å². The fourth-order valence-electron chi connectivity index (χ4n) is 1.76. The van der Waals surface area contributed by atoms with Crippen molar-refractivity contribution in [1.82, 2.24) is 4.98 Å². The molecule has 0 bridgehead atoms. The number of hydrogen-bond donors (Lipinski definition) is 0. The molecule has 2 aromatic rings. The van der Waals surface area contributed by atoms with Gasteiger partial charge in [-0.05, 0) is 30.7 Å². The Hall–Kier alpha value is -2.41. The molecule has 90 valence electrons. The fourth-order valence-corrected chi connectivity index (χ4v) is 1.76. The van der Waals surface area contributed by atoms with E-state index < -0.39 is 11.9 Å². The van der Waals surface area contributed by atoms with Crippen LogP contribution in [0, 0.1) is 11.3 Å². The molecule has 2 rings (SSSR count). The molecule has 0 aliphatic heterocycles. The molecule has 0 N–H and O–H groups in total. The van der Waals surface area contributed by atoms with Gasteiger partial charge in [0.05, 0.1) is 18.2 Å². The van der Waals surface area contributed by atoms with Crippen molar-refractivity contribution in [2.75, 3.05) is 6.61 Å². The maximum atomic E-state index is 11.7. The molecule has 0 aliphatic carbocycles. The summed E-state index contributed by atoms with van der Waals surface area (Å²) in [6, 6.07) is 11.0. The van der Waals surface area contributed by atoms with Crippen molar-refractivity contribution in [3.63, 3.8) is 0 Å². The number of carbonyl (C=O) groups is 1. The zero-order chi connectivity index (χ0) is 13.0. The van der Waals surface area contributed by atoms with Crippen LogP contribution in [0.2, 0.25) is 0 Å². The highest BCUT2D eigenvalue weighted by Crippen LogP contribution is 2.21. The van der Waals surface area contributed by atoms with E-state index in [-0.39, 0.29) is 6.61 Å². The predicted octanol–water partition coefficient (Wildman–Crippen LogP) is 2.41. The quantitative estimate of drug-likeness (QED) is 0.773. The van der Waals surface area contributed by atoms with Gasteiger partial charge in [0, 0.05) is 11.6 Å². The van der Waals surface area contributed by atoms with Crippen LogP contribution < -0.4 is 0 Å². The Balaban J connectivity index is 2.40. The predicted molar refractivity (Wildman–Crippen MR) is 66.7 cm³/mol. The van der Waals surface area contributed by atoms with E-state index in [1.54, 1.807) is 31.3 Å². The van der Waals surface area contributed by atoms with Crippen molar-refractivity contribution >= 4 is 16.9 Å². The molecule has 18 heavy (non-hydrogen) atoms. The number of rotatable bonds is 3. The Bertz CT molecular complexity index is 616. The van der Waals surface area contributed by atoms with Gasteiger partial charge in [0.1, 0.15) is 0 Å². The number of fused-ring (bicyclic) bond motifs is 1. The SMILES string of the molecule is CCOC(=O)C(C#N)c1ccc2ncccc2c1. The Morgan fingerprint density at radius 3 is 3.06 bits per heavy atom. The number of benzene rings is 1. The molecule has 0 radical (unpaired) electrons. The second-order valence-electron chi connectivity index (χ2n) is 3.77. The molecule has 1 unspecified atom stereocenters. The average Bonchev–Trinajstić information content (AvgIpc) is 2.40. The molecule has 0 saturated heterocycles. The number of aromatic nitrogens is 1. The number of nitriles is 1. The lowest BCUT2D eigenvalue weighted by molar-refractivity contribution is -0.143. The van der Waals surface area contributed by atoms with Gasteiger partial charge in [0.25, 0.3) is 0 Å². The van der Waals surface area contributed by atoms with Gasteiger partial charge in [-0.15, -0.1) is 0 Å². The first-order valence-corrected chi connectivity index (χ1v) is 5.67. The summed E-state index contributed by atoms with van der Waals surface area (Å²) in [5.41, 5.74) is 1.47. The molecule has 0 saturated carbocycles. The molecule has 0 fully saturated rings. The topological polar surface area (TPSA) is 63.0 Å². The Morgan fingerprint density at radius 1 is 1.50 bits per heavy atom. The third-order valence-corrected chi connectivity index (χ3v) is 2.61. The monoisotopic (exact) mass is 240 g/mol. The van der Waals surface area contributed by atoms with Crippen molar-refractivity contribution < 1.29 is 9.53 Å². The lowest BCUT2D eigenvalue weighted by Gasteiger charge is -2.09. The maximum Gasteiger partial charge on any atom is 0.327 e. The maximum absolute atomic E-state index is 11.7. The summed E-state index contributed by atoms with van der Waals surface area (Å²) in [6.45, 7) is 1.99. The van der Waals surface area contributed by atoms with E-state index in [0.717, 1.165) is 10.9 Å². The molecule has 0 spiro atoms. The lowest BCUT2D eigenvalue weighted by atomic mass is 9.99. The smallest absolute Gasteiger partial charge is 0.327 e. The Kier molecular flexibility index (Phi) is 3.54. The minimum Gasteiger partial charge on any atom is -0.465 e. The highest BCUT2D eigenvalue weighted by Gasteiger charge is 2.21. The van der Waals surface area contributed by atoms with E-state index in [9.17, 15) is 4.79 Å². The number of ether oxygens (including phenoxy) is 1. The van der Waals surface area contributed by atoms with Gasteiger partial charge >= 0.3 is 5.97 Å². The number of nitrogens with zero attached hydrogens (tertiary/aromatic N) is 2. The summed E-state index contributed by atoms with van der Waals surface area (Å²) in [7, 11) is 0. The fraction of sp³-hybridized carbons (Fsp3) is 0.214. The molecule has 1 atom stereocenters. The van der Waals surface area contributed by atoms with Crippen LogP contribution in [0.4, 0.5) is 0 Å². The molecule has 1 heterocycles. The molecule has 4 heteroatoms. The van der Waals surface area contributed by atoms with Crippen LogP contribution in [0.3, 0.4) is 0 Å². The zero-order valence-electron chi connectivity index (χ0n) is 9.96. The van der Waals surface area contributed by atoms with Gasteiger partial charge in [-0.3, -0.25) is 9.78 Å². The van der Waals surface area contributed by atoms with Crippen LogP contribution in [0.15, 0.2) is 36.5 Å². The van der Waals surface area contributed by atoms with Crippen LogP contribution in [0.5, 0.6) is 0 Å². The standard InChI is InChI=1S/C14H12N2O2/c1-2-18-14(17)12(9-15)10-5-6-13-11(8-10)4-3-7-16-13/h3-8,12H,2H2,1H3. The summed E-state index contributed by atoms with van der Waals surface area (Å²) >= 11 is 0. The van der Waals surface area contributed by atoms with E-state index in [4.69, 9.17) is 10.00 Å². The van der Waals surface area contributed by atoms with Crippen molar-refractivity contribution in [2.24, 2.45) is 0 Å². The van der Waals surface area contributed by atoms with Crippen molar-refractivity contribution in [3.05, 3.63) is 42.1 Å². The molecule has 0 aliphatic rings. The number of pyridine rings is 1. The second kappa shape index (κ2) is 5.28. The summed E-state index contributed by atoms with van der Waals surface area (Å²) in [5, 5.41) is 9.98. The van der Waals surface area contributed by atoms with Gasteiger partial charge < -0.3 is 4.74 Å². The largest absolute Gasteiger partial charge is 0.465 e. The number of esters is 1. The summed E-state index contributed by atoms with van der Waals surface area (Å²) in [5.74, 6) is -1.39. The van der Waals surface area contributed by atoms with Crippen LogP contribution in [-0.2, 0) is 9.53 Å². The Labute approximate surface area is 105 Å². The van der Waals surface area contributed by atoms with Gasteiger partial charge in [0.15, 0.2) is 5.92 Å².